The summed E-state index contributed by atoms with van der Waals surface area (Å²) in [5.74, 6) is -0.390. The van der Waals surface area contributed by atoms with Gasteiger partial charge >= 0.3 is 5.97 Å². The largest absolute Gasteiger partial charge is 0.478 e. The van der Waals surface area contributed by atoms with Gasteiger partial charge < -0.3 is 10.0 Å². The lowest BCUT2D eigenvalue weighted by molar-refractivity contribution is -0.131. The lowest BCUT2D eigenvalue weighted by Crippen LogP contribution is -2.12. The number of carboxylic acid groups (broad SMARTS) is 1. The molecule has 0 unspecified atom stereocenters. The minimum absolute atomic E-state index is 0.595. The molecule has 0 aliphatic heterocycles. The van der Waals surface area contributed by atoms with E-state index in [1.165, 1.54) is 6.08 Å². The van der Waals surface area contributed by atoms with Gasteiger partial charge in [0.05, 0.1) is 0 Å². The second kappa shape index (κ2) is 4.36. The molecule has 0 fully saturated rings. The number of carboxylic acids is 1. The fourth-order valence-electron chi connectivity index (χ4n) is 0.816. The van der Waals surface area contributed by atoms with E-state index in [4.69, 9.17) is 5.11 Å². The number of anilines is 1. The highest BCUT2D eigenvalue weighted by Crippen LogP contribution is 2.04. The molecule has 0 aromatic carbocycles. The highest BCUT2D eigenvalue weighted by atomic mass is 16.4. The molecule has 14 heavy (non-hydrogen) atoms. The van der Waals surface area contributed by atoms with Gasteiger partial charge in [-0.1, -0.05) is 0 Å². The molecule has 1 aromatic rings. The van der Waals surface area contributed by atoms with E-state index >= 15 is 0 Å². The van der Waals surface area contributed by atoms with Gasteiger partial charge in [-0.15, -0.1) is 0 Å². The molecule has 0 saturated heterocycles. The van der Waals surface area contributed by atoms with E-state index < -0.39 is 5.97 Å². The Kier molecular flexibility index (Phi) is 3.17. The Morgan fingerprint density at radius 3 is 2.43 bits per heavy atom. The predicted octanol–water partition coefficient (Wildman–Crippen LogP) is 0.640. The van der Waals surface area contributed by atoms with Crippen LogP contribution in [0.1, 0.15) is 5.56 Å². The van der Waals surface area contributed by atoms with Gasteiger partial charge in [-0.3, -0.25) is 0 Å². The normalized spacial score (nSPS) is 10.4. The first-order valence-electron chi connectivity index (χ1n) is 4.00. The third-order valence-corrected chi connectivity index (χ3v) is 1.48. The van der Waals surface area contributed by atoms with Crippen LogP contribution in [0.5, 0.6) is 0 Å². The van der Waals surface area contributed by atoms with Crippen LogP contribution >= 0.6 is 0 Å². The zero-order chi connectivity index (χ0) is 10.6. The summed E-state index contributed by atoms with van der Waals surface area (Å²) in [4.78, 5) is 20.0. The Morgan fingerprint density at radius 2 is 2.00 bits per heavy atom. The first-order chi connectivity index (χ1) is 6.59. The highest BCUT2D eigenvalue weighted by molar-refractivity contribution is 5.85. The van der Waals surface area contributed by atoms with Gasteiger partial charge in [0.25, 0.3) is 0 Å². The molecule has 5 heteroatoms. The Hall–Kier alpha value is -1.91. The quantitative estimate of drug-likeness (QED) is 0.713. The van der Waals surface area contributed by atoms with Crippen LogP contribution < -0.4 is 4.90 Å². The van der Waals surface area contributed by atoms with Crippen molar-refractivity contribution in [1.29, 1.82) is 0 Å². The van der Waals surface area contributed by atoms with Crippen molar-refractivity contribution in [2.45, 2.75) is 0 Å². The maximum absolute atomic E-state index is 10.2. The maximum atomic E-state index is 10.2. The average Bonchev–Trinajstić information content (AvgIpc) is 2.15. The standard InChI is InChI=1S/C9H11N3O2/c1-12(2)9-10-5-7(6-11-9)3-4-8(13)14/h3-6H,1-2H3,(H,13,14)/b4-3+. The first kappa shape index (κ1) is 10.2. The van der Waals surface area contributed by atoms with Crippen molar-refractivity contribution in [3.05, 3.63) is 24.0 Å². The number of aliphatic carboxylic acids is 1. The molecule has 0 radical (unpaired) electrons. The average molecular weight is 193 g/mol. The molecule has 5 nitrogen and oxygen atoms in total. The zero-order valence-electron chi connectivity index (χ0n) is 8.01. The fourth-order valence-corrected chi connectivity index (χ4v) is 0.816. The van der Waals surface area contributed by atoms with Crippen molar-refractivity contribution in [3.8, 4) is 0 Å². The van der Waals surface area contributed by atoms with Crippen molar-refractivity contribution < 1.29 is 9.90 Å². The fraction of sp³-hybridized carbons (Fsp3) is 0.222. The van der Waals surface area contributed by atoms with Gasteiger partial charge in [0, 0.05) is 38.1 Å². The summed E-state index contributed by atoms with van der Waals surface area (Å²) in [5, 5.41) is 8.38. The molecule has 0 aliphatic carbocycles. The van der Waals surface area contributed by atoms with Gasteiger partial charge in [-0.05, 0) is 6.08 Å². The van der Waals surface area contributed by atoms with Crippen LogP contribution in [0.4, 0.5) is 5.95 Å². The van der Waals surface area contributed by atoms with Crippen LogP contribution in [0.25, 0.3) is 6.08 Å². The number of nitrogens with zero attached hydrogens (tertiary/aromatic N) is 3. The third-order valence-electron chi connectivity index (χ3n) is 1.48. The second-order valence-electron chi connectivity index (χ2n) is 2.88. The second-order valence-corrected chi connectivity index (χ2v) is 2.88. The van der Waals surface area contributed by atoms with Crippen LogP contribution in [0, 0.1) is 0 Å². The lowest BCUT2D eigenvalue weighted by Gasteiger charge is -2.08. The molecule has 0 bridgehead atoms. The molecule has 1 aromatic heterocycles. The molecule has 0 atom stereocenters. The minimum atomic E-state index is -0.985. The lowest BCUT2D eigenvalue weighted by atomic mass is 10.3. The number of carbonyl (C=O) groups is 1. The van der Waals surface area contributed by atoms with E-state index in [0.717, 1.165) is 6.08 Å². The predicted molar refractivity (Wildman–Crippen MR) is 53.0 cm³/mol. The number of hydrogen-bond donors (Lipinski definition) is 1. The summed E-state index contributed by atoms with van der Waals surface area (Å²) >= 11 is 0. The summed E-state index contributed by atoms with van der Waals surface area (Å²) in [6.45, 7) is 0. The summed E-state index contributed by atoms with van der Waals surface area (Å²) in [7, 11) is 3.67. The van der Waals surface area contributed by atoms with Crippen molar-refractivity contribution >= 4 is 18.0 Å². The Morgan fingerprint density at radius 1 is 1.43 bits per heavy atom. The number of aromatic nitrogens is 2. The number of hydrogen-bond acceptors (Lipinski definition) is 4. The van der Waals surface area contributed by atoms with Crippen LogP contribution in [-0.4, -0.2) is 35.1 Å². The summed E-state index contributed by atoms with van der Waals surface area (Å²) in [5.41, 5.74) is 0.665. The minimum Gasteiger partial charge on any atom is -0.478 e. The van der Waals surface area contributed by atoms with E-state index in [2.05, 4.69) is 9.97 Å². The summed E-state index contributed by atoms with van der Waals surface area (Å²) in [6.07, 6.45) is 5.64. The van der Waals surface area contributed by atoms with Crippen molar-refractivity contribution in [3.63, 3.8) is 0 Å². The highest BCUT2D eigenvalue weighted by Gasteiger charge is 1.97. The molecule has 1 N–H and O–H groups in total. The molecule has 0 saturated carbocycles. The third kappa shape index (κ3) is 2.85. The molecule has 74 valence electrons. The molecule has 0 amide bonds. The number of rotatable bonds is 3. The Bertz CT molecular complexity index is 344. The van der Waals surface area contributed by atoms with Gasteiger partial charge in [-0.25, -0.2) is 14.8 Å². The van der Waals surface area contributed by atoms with E-state index in [-0.39, 0.29) is 0 Å². The topological polar surface area (TPSA) is 66.3 Å². The molecule has 0 spiro atoms. The van der Waals surface area contributed by atoms with Crippen LogP contribution in [0.2, 0.25) is 0 Å². The van der Waals surface area contributed by atoms with E-state index in [1.807, 2.05) is 14.1 Å². The van der Waals surface area contributed by atoms with E-state index in [9.17, 15) is 4.79 Å². The molecule has 1 rings (SSSR count). The zero-order valence-corrected chi connectivity index (χ0v) is 8.01. The Balaban J connectivity index is 2.78. The monoisotopic (exact) mass is 193 g/mol. The summed E-state index contributed by atoms with van der Waals surface area (Å²) in [6, 6.07) is 0. The molecule has 1 heterocycles. The summed E-state index contributed by atoms with van der Waals surface area (Å²) < 4.78 is 0. The van der Waals surface area contributed by atoms with Crippen LogP contribution in [0.3, 0.4) is 0 Å². The van der Waals surface area contributed by atoms with Gasteiger partial charge in [-0.2, -0.15) is 0 Å². The molecular weight excluding hydrogens is 182 g/mol. The molecular formula is C9H11N3O2. The Labute approximate surface area is 81.7 Å². The molecule has 0 aliphatic rings. The van der Waals surface area contributed by atoms with Crippen molar-refractivity contribution in [1.82, 2.24) is 9.97 Å². The van der Waals surface area contributed by atoms with Crippen molar-refractivity contribution in [2.24, 2.45) is 0 Å². The van der Waals surface area contributed by atoms with Gasteiger partial charge in [0.2, 0.25) is 5.95 Å². The smallest absolute Gasteiger partial charge is 0.328 e. The maximum Gasteiger partial charge on any atom is 0.328 e. The van der Waals surface area contributed by atoms with Gasteiger partial charge in [0.1, 0.15) is 0 Å². The van der Waals surface area contributed by atoms with Gasteiger partial charge in [0.15, 0.2) is 0 Å². The van der Waals surface area contributed by atoms with Crippen LogP contribution in [-0.2, 0) is 4.79 Å². The SMILES string of the molecule is CN(C)c1ncc(/C=C/C(=O)O)cn1. The van der Waals surface area contributed by atoms with E-state index in [1.54, 1.807) is 17.3 Å². The van der Waals surface area contributed by atoms with Crippen LogP contribution in [0.15, 0.2) is 18.5 Å². The van der Waals surface area contributed by atoms with Crippen molar-refractivity contribution in [2.75, 3.05) is 19.0 Å². The van der Waals surface area contributed by atoms with E-state index in [0.29, 0.717) is 11.5 Å². The first-order valence-corrected chi connectivity index (χ1v) is 4.00.